The predicted octanol–water partition coefficient (Wildman–Crippen LogP) is 16.2. The standard InChI is InChI=1S/C68H68N10O2/c1-45-31-63-65(33-47(45)3)73(41-71(63)9)53-15-11-19-57(35-53)79-59-21-13-17-55(37-59)77-43-75(67-39-51(69(5)6)27-29-61(67)77)49-23-25-50(26-24-49)76-44-78(62-30-28-52(70(7)8)40-68(62)76)56-18-14-22-60(38-56)80-58-20-12-16-54(36-58)74-42-72(10)64-32-46(2)48(4)34-66(64)74/h11-40H,41-44H2,1-10H3/i9D3. The van der Waals surface area contributed by atoms with Gasteiger partial charge in [-0.15, -0.1) is 0 Å². The van der Waals surface area contributed by atoms with Gasteiger partial charge in [-0.1, -0.05) is 24.3 Å². The molecular weight excluding hydrogens is 989 g/mol. The molecule has 0 spiro atoms. The highest BCUT2D eigenvalue weighted by Gasteiger charge is 2.33. The summed E-state index contributed by atoms with van der Waals surface area (Å²) in [5.74, 6) is 2.89. The molecule has 0 aliphatic carbocycles. The lowest BCUT2D eigenvalue weighted by atomic mass is 10.1. The van der Waals surface area contributed by atoms with Crippen LogP contribution in [0.1, 0.15) is 26.4 Å². The monoisotopic (exact) mass is 1060 g/mol. The second-order valence-corrected chi connectivity index (χ2v) is 22.0. The summed E-state index contributed by atoms with van der Waals surface area (Å²) in [5.41, 5.74) is 21.5. The quantitative estimate of drug-likeness (QED) is 0.117. The van der Waals surface area contributed by atoms with E-state index in [1.165, 1.54) is 27.4 Å². The van der Waals surface area contributed by atoms with Gasteiger partial charge in [-0.05, 0) is 183 Å². The van der Waals surface area contributed by atoms with Crippen molar-refractivity contribution in [2.45, 2.75) is 27.7 Å². The maximum Gasteiger partial charge on any atom is 0.129 e. The molecule has 402 valence electrons. The van der Waals surface area contributed by atoms with Gasteiger partial charge in [0.25, 0.3) is 0 Å². The Hall–Kier alpha value is -9.42. The Balaban J connectivity index is 0.752. The van der Waals surface area contributed by atoms with Gasteiger partial charge in [0.1, 0.15) is 36.3 Å². The fraction of sp³-hybridized carbons (Fsp3) is 0.206. The van der Waals surface area contributed by atoms with Crippen molar-refractivity contribution >= 4 is 91.0 Å². The molecule has 9 aromatic rings. The zero-order valence-electron chi connectivity index (χ0n) is 49.9. The highest BCUT2D eigenvalue weighted by molar-refractivity contribution is 5.92. The molecule has 4 heterocycles. The molecule has 0 radical (unpaired) electrons. The third-order valence-corrected chi connectivity index (χ3v) is 16.2. The Morgan fingerprint density at radius 2 is 0.637 bits per heavy atom. The molecule has 13 rings (SSSR count). The number of rotatable bonds is 12. The molecule has 4 aliphatic rings. The van der Waals surface area contributed by atoms with E-state index in [9.17, 15) is 0 Å². The third kappa shape index (κ3) is 9.00. The van der Waals surface area contributed by atoms with Crippen LogP contribution < -0.4 is 58.5 Å². The fourth-order valence-corrected chi connectivity index (χ4v) is 11.5. The molecule has 0 fully saturated rings. The molecule has 0 N–H and O–H groups in total. The minimum absolute atomic E-state index is 0.204. The number of hydrogen-bond acceptors (Lipinski definition) is 12. The van der Waals surface area contributed by atoms with E-state index in [-0.39, 0.29) is 6.67 Å². The van der Waals surface area contributed by atoms with Crippen molar-refractivity contribution in [1.82, 2.24) is 0 Å². The molecule has 12 heteroatoms. The van der Waals surface area contributed by atoms with E-state index < -0.39 is 6.98 Å². The van der Waals surface area contributed by atoms with Gasteiger partial charge in [0, 0.05) is 116 Å². The number of fused-ring (bicyclic) bond motifs is 4. The van der Waals surface area contributed by atoms with Crippen molar-refractivity contribution in [2.24, 2.45) is 0 Å². The van der Waals surface area contributed by atoms with E-state index in [1.54, 1.807) is 0 Å². The molecular formula is C68H68N10O2. The van der Waals surface area contributed by atoms with Crippen LogP contribution in [0.5, 0.6) is 23.0 Å². The van der Waals surface area contributed by atoms with Crippen LogP contribution in [0.25, 0.3) is 0 Å². The number of hydrogen-bond donors (Lipinski definition) is 0. The van der Waals surface area contributed by atoms with Crippen LogP contribution in [0.2, 0.25) is 0 Å². The first-order valence-electron chi connectivity index (χ1n) is 28.8. The highest BCUT2D eigenvalue weighted by atomic mass is 16.5. The summed E-state index contributed by atoms with van der Waals surface area (Å²) in [6.07, 6.45) is 0. The van der Waals surface area contributed by atoms with Crippen molar-refractivity contribution < 1.29 is 13.6 Å². The van der Waals surface area contributed by atoms with Gasteiger partial charge in [-0.2, -0.15) is 0 Å². The second kappa shape index (κ2) is 19.8. The summed E-state index contributed by atoms with van der Waals surface area (Å²) in [6, 6.07) is 63.8. The average molecular weight is 1060 g/mol. The minimum Gasteiger partial charge on any atom is -0.457 e. The summed E-state index contributed by atoms with van der Waals surface area (Å²) in [4.78, 5) is 22.0. The average Bonchev–Trinajstić information content (AvgIpc) is 3.53. The lowest BCUT2D eigenvalue weighted by molar-refractivity contribution is 0.482. The molecule has 0 bridgehead atoms. The van der Waals surface area contributed by atoms with E-state index in [2.05, 4.69) is 223 Å². The maximum atomic E-state index is 8.32. The number of nitrogens with zero attached hydrogens (tertiary/aromatic N) is 10. The van der Waals surface area contributed by atoms with Crippen LogP contribution >= 0.6 is 0 Å². The molecule has 80 heavy (non-hydrogen) atoms. The van der Waals surface area contributed by atoms with Crippen LogP contribution in [0.3, 0.4) is 0 Å². The van der Waals surface area contributed by atoms with Crippen molar-refractivity contribution in [3.63, 3.8) is 0 Å². The molecule has 0 saturated heterocycles. The number of aryl methyl sites for hydroxylation is 4. The Kier molecular flexibility index (Phi) is 11.5. The van der Waals surface area contributed by atoms with Gasteiger partial charge in [-0.25, -0.2) is 0 Å². The van der Waals surface area contributed by atoms with Crippen LogP contribution in [0.4, 0.5) is 91.0 Å². The van der Waals surface area contributed by atoms with Gasteiger partial charge in [0.2, 0.25) is 0 Å². The Labute approximate surface area is 475 Å². The number of ether oxygens (including phenoxy) is 2. The minimum atomic E-state index is -2.29. The summed E-state index contributed by atoms with van der Waals surface area (Å²) in [5, 5.41) is 0. The Morgan fingerprint density at radius 3 is 1.00 bits per heavy atom. The topological polar surface area (TPSA) is 50.9 Å². The second-order valence-electron chi connectivity index (χ2n) is 22.0. The van der Waals surface area contributed by atoms with Gasteiger partial charge < -0.3 is 58.5 Å². The zero-order chi connectivity index (χ0) is 57.6. The maximum absolute atomic E-state index is 8.32. The predicted molar refractivity (Wildman–Crippen MR) is 335 cm³/mol. The summed E-state index contributed by atoms with van der Waals surface area (Å²) in [6.45, 7) is 8.30. The number of benzene rings is 9. The first kappa shape index (κ1) is 46.7. The summed E-state index contributed by atoms with van der Waals surface area (Å²) < 4.78 is 38.3. The van der Waals surface area contributed by atoms with Crippen LogP contribution in [0.15, 0.2) is 182 Å². The van der Waals surface area contributed by atoms with Gasteiger partial charge in [-0.3, -0.25) is 0 Å². The van der Waals surface area contributed by atoms with Crippen molar-refractivity contribution in [3.05, 3.63) is 204 Å². The molecule has 0 unspecified atom stereocenters. The Morgan fingerprint density at radius 1 is 0.325 bits per heavy atom. The van der Waals surface area contributed by atoms with Crippen molar-refractivity contribution in [1.29, 1.82) is 0 Å². The van der Waals surface area contributed by atoms with Crippen LogP contribution in [-0.2, 0) is 0 Å². The molecule has 4 aliphatic heterocycles. The lowest BCUT2D eigenvalue weighted by Gasteiger charge is -2.25. The summed E-state index contributed by atoms with van der Waals surface area (Å²) >= 11 is 0. The summed E-state index contributed by atoms with van der Waals surface area (Å²) in [7, 11) is 10.5. The normalized spacial score (nSPS) is 14.9. The third-order valence-electron chi connectivity index (χ3n) is 16.2. The van der Waals surface area contributed by atoms with Gasteiger partial charge >= 0.3 is 0 Å². The largest absolute Gasteiger partial charge is 0.457 e. The van der Waals surface area contributed by atoms with Crippen LogP contribution in [0, 0.1) is 27.7 Å². The first-order valence-corrected chi connectivity index (χ1v) is 27.3. The van der Waals surface area contributed by atoms with Crippen LogP contribution in [-0.4, -0.2) is 68.9 Å². The van der Waals surface area contributed by atoms with Gasteiger partial charge in [0.15, 0.2) is 0 Å². The van der Waals surface area contributed by atoms with E-state index in [1.807, 2.05) is 66.4 Å². The van der Waals surface area contributed by atoms with E-state index >= 15 is 0 Å². The van der Waals surface area contributed by atoms with E-state index in [0.717, 1.165) is 103 Å². The van der Waals surface area contributed by atoms with Crippen molar-refractivity contribution in [2.75, 3.05) is 118 Å². The molecule has 0 saturated carbocycles. The fourth-order valence-electron chi connectivity index (χ4n) is 11.5. The lowest BCUT2D eigenvalue weighted by Crippen LogP contribution is -2.25. The highest BCUT2D eigenvalue weighted by Crippen LogP contribution is 2.51. The first-order chi connectivity index (χ1) is 39.9. The SMILES string of the molecule is [2H]C([2H])([2H])N1CN(c2cccc(Oc3cccc(N4CN(c5ccc(N6CN(c7cccc(Oc8cccc(N9CN(C)c%10cc(C)c(C)cc%109)c8)c7)c7ccc(N(C)C)cc76)cc5)c5cc(N(C)C)ccc54)c3)c2)c2cc(C)c(C)cc21. The van der Waals surface area contributed by atoms with E-state index in [0.29, 0.717) is 30.5 Å². The van der Waals surface area contributed by atoms with Crippen molar-refractivity contribution in [3.8, 4) is 23.0 Å². The number of anilines is 16. The van der Waals surface area contributed by atoms with Gasteiger partial charge in [0.05, 0.1) is 58.8 Å². The molecule has 0 amide bonds. The van der Waals surface area contributed by atoms with E-state index in [4.69, 9.17) is 13.6 Å². The molecule has 12 nitrogen and oxygen atoms in total. The molecule has 0 atom stereocenters. The Bertz CT molecular complexity index is 3980. The molecule has 0 aromatic heterocycles. The molecule has 9 aromatic carbocycles. The zero-order valence-corrected chi connectivity index (χ0v) is 46.9. The smallest absolute Gasteiger partial charge is 0.129 e.